The molecule has 0 aliphatic carbocycles. The van der Waals surface area contributed by atoms with E-state index >= 15 is 0 Å². The normalized spacial score (nSPS) is 7.06. The van der Waals surface area contributed by atoms with Crippen LogP contribution in [0.2, 0.25) is 0 Å². The molecule has 1 rings (SSSR count). The Bertz CT molecular complexity index is 243. The molecule has 0 fully saturated rings. The third-order valence-electron chi connectivity index (χ3n) is 0.735. The number of nitrogens with zero attached hydrogens (tertiary/aromatic N) is 1. The van der Waals surface area contributed by atoms with Gasteiger partial charge in [-0.05, 0) is 13.8 Å². The molecule has 7 heteroatoms. The fourth-order valence-electron chi connectivity index (χ4n) is 0.344. The van der Waals surface area contributed by atoms with E-state index in [4.69, 9.17) is 25.2 Å². The molecule has 0 aliphatic heterocycles. The highest BCUT2D eigenvalue weighted by Gasteiger charge is 1.73. The number of aromatic amines is 1. The second-order valence-electron chi connectivity index (χ2n) is 2.31. The fourth-order valence-corrected chi connectivity index (χ4v) is 0.344. The van der Waals surface area contributed by atoms with Crippen LogP contribution >= 0.6 is 0 Å². The number of allylic oxidation sites excluding steroid dienone is 1. The summed E-state index contributed by atoms with van der Waals surface area (Å²) in [6.07, 6.45) is 3.45. The SMILES string of the molecule is C=CC.Cc1ncc[nH]1.O=C(O)O.OCCO. The minimum absolute atomic E-state index is 0.125. The molecule has 0 saturated heterocycles. The number of carbonyl (C=O) groups is 1. The molecule has 1 aromatic heterocycles. The van der Waals surface area contributed by atoms with E-state index < -0.39 is 6.16 Å². The van der Waals surface area contributed by atoms with Crippen molar-refractivity contribution in [2.75, 3.05) is 13.2 Å². The zero-order chi connectivity index (χ0) is 14.1. The Labute approximate surface area is 100 Å². The second kappa shape index (κ2) is 19.7. The first-order chi connectivity index (χ1) is 7.95. The van der Waals surface area contributed by atoms with Gasteiger partial charge in [-0.25, -0.2) is 9.78 Å². The summed E-state index contributed by atoms with van der Waals surface area (Å²) in [6.45, 7) is 6.92. The molecular formula is C10H20N2O5. The third kappa shape index (κ3) is 55.3. The Kier molecular flexibility index (Phi) is 23.8. The van der Waals surface area contributed by atoms with Crippen LogP contribution in [0.25, 0.3) is 0 Å². The van der Waals surface area contributed by atoms with Crippen LogP contribution in [0.1, 0.15) is 12.7 Å². The lowest BCUT2D eigenvalue weighted by Crippen LogP contribution is -1.85. The lowest BCUT2D eigenvalue weighted by molar-refractivity contribution is 0.137. The van der Waals surface area contributed by atoms with Crippen LogP contribution < -0.4 is 0 Å². The summed E-state index contributed by atoms with van der Waals surface area (Å²) < 4.78 is 0. The predicted octanol–water partition coefficient (Wildman–Crippen LogP) is 1.10. The van der Waals surface area contributed by atoms with Gasteiger partial charge in [0, 0.05) is 12.4 Å². The quantitative estimate of drug-likeness (QED) is 0.474. The molecule has 0 radical (unpaired) electrons. The number of imidazole rings is 1. The van der Waals surface area contributed by atoms with E-state index in [-0.39, 0.29) is 13.2 Å². The molecule has 0 bridgehead atoms. The van der Waals surface area contributed by atoms with Gasteiger partial charge in [-0.1, -0.05) is 6.08 Å². The van der Waals surface area contributed by atoms with Crippen molar-refractivity contribution < 1.29 is 25.2 Å². The van der Waals surface area contributed by atoms with Crippen molar-refractivity contribution in [3.05, 3.63) is 30.9 Å². The maximum Gasteiger partial charge on any atom is 0.503 e. The Hall–Kier alpha value is -1.86. The molecule has 17 heavy (non-hydrogen) atoms. The minimum atomic E-state index is -1.83. The lowest BCUT2D eigenvalue weighted by Gasteiger charge is -1.70. The molecule has 7 nitrogen and oxygen atoms in total. The first-order valence-corrected chi connectivity index (χ1v) is 4.62. The fraction of sp³-hybridized carbons (Fsp3) is 0.400. The molecule has 1 aromatic rings. The van der Waals surface area contributed by atoms with Gasteiger partial charge in [-0.2, -0.15) is 0 Å². The summed E-state index contributed by atoms with van der Waals surface area (Å²) in [7, 11) is 0. The van der Waals surface area contributed by atoms with Crippen LogP contribution in [0.5, 0.6) is 0 Å². The van der Waals surface area contributed by atoms with Crippen LogP contribution in [0.3, 0.4) is 0 Å². The summed E-state index contributed by atoms with van der Waals surface area (Å²) in [5.41, 5.74) is 0. The first kappa shape index (κ1) is 20.5. The zero-order valence-corrected chi connectivity index (χ0v) is 10.00. The lowest BCUT2D eigenvalue weighted by atomic mass is 10.8. The van der Waals surface area contributed by atoms with Crippen LogP contribution in [-0.4, -0.2) is 49.8 Å². The number of aryl methyl sites for hydroxylation is 1. The highest BCUT2D eigenvalue weighted by molar-refractivity contribution is 5.53. The van der Waals surface area contributed by atoms with E-state index in [2.05, 4.69) is 16.5 Å². The third-order valence-corrected chi connectivity index (χ3v) is 0.735. The summed E-state index contributed by atoms with van der Waals surface area (Å²) in [5.74, 6) is 0.968. The van der Waals surface area contributed by atoms with Gasteiger partial charge >= 0.3 is 6.16 Å². The molecule has 0 aliphatic rings. The Morgan fingerprint density at radius 2 is 1.82 bits per heavy atom. The summed E-state index contributed by atoms with van der Waals surface area (Å²) in [6, 6.07) is 0. The van der Waals surface area contributed by atoms with Crippen LogP contribution in [0, 0.1) is 6.92 Å². The number of aliphatic hydroxyl groups is 2. The molecule has 5 N–H and O–H groups in total. The molecule has 0 unspecified atom stereocenters. The minimum Gasteiger partial charge on any atom is -0.450 e. The van der Waals surface area contributed by atoms with Gasteiger partial charge < -0.3 is 25.4 Å². The van der Waals surface area contributed by atoms with E-state index in [1.54, 1.807) is 18.5 Å². The number of H-pyrrole nitrogens is 1. The number of aromatic nitrogens is 2. The van der Waals surface area contributed by atoms with Crippen LogP contribution in [-0.2, 0) is 0 Å². The van der Waals surface area contributed by atoms with E-state index in [0.717, 1.165) is 5.82 Å². The van der Waals surface area contributed by atoms with Crippen molar-refractivity contribution >= 4 is 6.16 Å². The smallest absolute Gasteiger partial charge is 0.450 e. The van der Waals surface area contributed by atoms with Gasteiger partial charge in [-0.15, -0.1) is 6.58 Å². The van der Waals surface area contributed by atoms with Gasteiger partial charge in [0.25, 0.3) is 0 Å². The van der Waals surface area contributed by atoms with Crippen molar-refractivity contribution in [2.24, 2.45) is 0 Å². The zero-order valence-electron chi connectivity index (χ0n) is 10.00. The average Bonchev–Trinajstić information content (AvgIpc) is 2.70. The number of nitrogens with one attached hydrogen (secondary N) is 1. The number of rotatable bonds is 1. The molecule has 1 heterocycles. The maximum atomic E-state index is 8.56. The monoisotopic (exact) mass is 248 g/mol. The Balaban J connectivity index is -0.000000161. The number of aliphatic hydroxyl groups excluding tert-OH is 2. The van der Waals surface area contributed by atoms with Crippen molar-refractivity contribution in [2.45, 2.75) is 13.8 Å². The Morgan fingerprint density at radius 1 is 1.47 bits per heavy atom. The summed E-state index contributed by atoms with van der Waals surface area (Å²) >= 11 is 0. The van der Waals surface area contributed by atoms with Gasteiger partial charge in [-0.3, -0.25) is 0 Å². The molecular weight excluding hydrogens is 228 g/mol. The van der Waals surface area contributed by atoms with Crippen molar-refractivity contribution in [3.63, 3.8) is 0 Å². The Morgan fingerprint density at radius 3 is 1.88 bits per heavy atom. The molecule has 0 atom stereocenters. The van der Waals surface area contributed by atoms with Crippen molar-refractivity contribution in [1.82, 2.24) is 9.97 Å². The molecule has 0 spiro atoms. The molecule has 0 aromatic carbocycles. The maximum absolute atomic E-state index is 8.56. The van der Waals surface area contributed by atoms with E-state index in [1.807, 2.05) is 13.8 Å². The highest BCUT2D eigenvalue weighted by Crippen LogP contribution is 1.78. The number of hydrogen-bond donors (Lipinski definition) is 5. The predicted molar refractivity (Wildman–Crippen MR) is 64.0 cm³/mol. The molecule has 0 amide bonds. The number of carboxylic acid groups (broad SMARTS) is 2. The van der Waals surface area contributed by atoms with Gasteiger partial charge in [0.05, 0.1) is 13.2 Å². The van der Waals surface area contributed by atoms with Gasteiger partial charge in [0.2, 0.25) is 0 Å². The van der Waals surface area contributed by atoms with E-state index in [1.165, 1.54) is 0 Å². The highest BCUT2D eigenvalue weighted by atomic mass is 16.6. The van der Waals surface area contributed by atoms with Gasteiger partial charge in [0.1, 0.15) is 5.82 Å². The molecule has 0 saturated carbocycles. The first-order valence-electron chi connectivity index (χ1n) is 4.62. The van der Waals surface area contributed by atoms with Crippen LogP contribution in [0.4, 0.5) is 4.79 Å². The standard InChI is InChI=1S/C4H6N2.C3H6.C2H6O2.CH2O3/c1-4-5-2-3-6-4;1-3-2;3-1-2-4;2-1(3)4/h2-3H,1H3,(H,5,6);3H,1H2,2H3;3-4H,1-2H2;(H2,2,3,4). The molecule has 100 valence electrons. The van der Waals surface area contributed by atoms with Crippen molar-refractivity contribution in [1.29, 1.82) is 0 Å². The largest absolute Gasteiger partial charge is 0.503 e. The summed E-state index contributed by atoms with van der Waals surface area (Å²) in [5, 5.41) is 29.2. The van der Waals surface area contributed by atoms with E-state index in [9.17, 15) is 0 Å². The van der Waals surface area contributed by atoms with E-state index in [0.29, 0.717) is 0 Å². The van der Waals surface area contributed by atoms with Crippen molar-refractivity contribution in [3.8, 4) is 0 Å². The average molecular weight is 248 g/mol. The second-order valence-corrected chi connectivity index (χ2v) is 2.31. The topological polar surface area (TPSA) is 127 Å². The summed E-state index contributed by atoms with van der Waals surface area (Å²) in [4.78, 5) is 15.3. The number of hydrogen-bond acceptors (Lipinski definition) is 4. The van der Waals surface area contributed by atoms with Crippen LogP contribution in [0.15, 0.2) is 25.0 Å². The van der Waals surface area contributed by atoms with Gasteiger partial charge in [0.15, 0.2) is 0 Å².